The first-order chi connectivity index (χ1) is 16.2. The zero-order chi connectivity index (χ0) is 24.5. The molecular formula is C26H30FN3O3S. The van der Waals surface area contributed by atoms with Crippen molar-refractivity contribution in [3.63, 3.8) is 0 Å². The maximum Gasteiger partial charge on any atom is 0.262 e. The third kappa shape index (κ3) is 5.03. The van der Waals surface area contributed by atoms with Crippen LogP contribution in [0.4, 0.5) is 21.5 Å². The number of nitrogens with zero attached hydrogens (tertiary/aromatic N) is 2. The van der Waals surface area contributed by atoms with Crippen LogP contribution in [-0.4, -0.2) is 47.6 Å². The first-order valence-electron chi connectivity index (χ1n) is 11.2. The lowest BCUT2D eigenvalue weighted by molar-refractivity contribution is 0.352. The van der Waals surface area contributed by atoms with Gasteiger partial charge in [0, 0.05) is 31.5 Å². The Morgan fingerprint density at radius 3 is 2.21 bits per heavy atom. The lowest BCUT2D eigenvalue weighted by Gasteiger charge is -2.21. The normalized spacial score (nSPS) is 14.3. The average Bonchev–Trinajstić information content (AvgIpc) is 2.99. The summed E-state index contributed by atoms with van der Waals surface area (Å²) in [4.78, 5) is 4.34. The molecule has 6 nitrogen and oxygen atoms in total. The van der Waals surface area contributed by atoms with Crippen LogP contribution >= 0.6 is 0 Å². The molecule has 0 aliphatic carbocycles. The maximum atomic E-state index is 13.3. The number of rotatable bonds is 6. The van der Waals surface area contributed by atoms with E-state index in [1.54, 1.807) is 38.3 Å². The number of aryl methyl sites for hydroxylation is 1. The first kappa shape index (κ1) is 24.0. The molecule has 0 fully saturated rings. The van der Waals surface area contributed by atoms with E-state index in [2.05, 4.69) is 16.7 Å². The van der Waals surface area contributed by atoms with E-state index in [-0.39, 0.29) is 10.7 Å². The van der Waals surface area contributed by atoms with Crippen LogP contribution in [0.1, 0.15) is 16.7 Å². The Bertz CT molecular complexity index is 1290. The van der Waals surface area contributed by atoms with E-state index in [4.69, 9.17) is 4.74 Å². The third-order valence-corrected chi connectivity index (χ3v) is 7.87. The van der Waals surface area contributed by atoms with Crippen LogP contribution in [0.25, 0.3) is 0 Å². The van der Waals surface area contributed by atoms with E-state index in [1.807, 2.05) is 30.1 Å². The Morgan fingerprint density at radius 1 is 0.971 bits per heavy atom. The minimum Gasteiger partial charge on any atom is -0.495 e. The van der Waals surface area contributed by atoms with Crippen molar-refractivity contribution in [3.8, 4) is 5.75 Å². The fraction of sp³-hybridized carbons (Fsp3) is 0.308. The quantitative estimate of drug-likeness (QED) is 0.549. The average molecular weight is 484 g/mol. The molecule has 1 aliphatic rings. The topological polar surface area (TPSA) is 61.9 Å². The van der Waals surface area contributed by atoms with E-state index in [9.17, 15) is 12.8 Å². The highest BCUT2D eigenvalue weighted by Gasteiger charge is 2.22. The second kappa shape index (κ2) is 9.64. The minimum atomic E-state index is -3.84. The lowest BCUT2D eigenvalue weighted by atomic mass is 10.0. The summed E-state index contributed by atoms with van der Waals surface area (Å²) in [6, 6.07) is 15.1. The number of hydrogen-bond donors (Lipinski definition) is 1. The van der Waals surface area contributed by atoms with Crippen molar-refractivity contribution in [3.05, 3.63) is 77.1 Å². The molecule has 0 saturated heterocycles. The molecule has 3 aromatic rings. The number of fused-ring (bicyclic) bond motifs is 1. The molecule has 0 aromatic heterocycles. The Labute approximate surface area is 201 Å². The monoisotopic (exact) mass is 483 g/mol. The zero-order valence-corrected chi connectivity index (χ0v) is 20.7. The summed E-state index contributed by atoms with van der Waals surface area (Å²) in [7, 11) is 1.65. The van der Waals surface area contributed by atoms with E-state index in [1.165, 1.54) is 17.7 Å². The summed E-state index contributed by atoms with van der Waals surface area (Å²) in [6.45, 7) is 3.65. The second-order valence-electron chi connectivity index (χ2n) is 8.72. The molecule has 0 amide bonds. The van der Waals surface area contributed by atoms with Crippen molar-refractivity contribution in [2.45, 2.75) is 24.7 Å². The van der Waals surface area contributed by atoms with E-state index >= 15 is 0 Å². The molecule has 180 valence electrons. The van der Waals surface area contributed by atoms with Crippen molar-refractivity contribution in [2.75, 3.05) is 43.9 Å². The molecular weight excluding hydrogens is 453 g/mol. The second-order valence-corrected chi connectivity index (χ2v) is 10.4. The van der Waals surface area contributed by atoms with Gasteiger partial charge in [-0.05, 0) is 98.1 Å². The SMILES string of the molecule is COc1cc2c(cc1NS(=O)(=O)c1ccc(N(C)c3ccc(F)cc3)cc1C)CCN(C)CC2. The van der Waals surface area contributed by atoms with Crippen molar-refractivity contribution < 1.29 is 17.5 Å². The van der Waals surface area contributed by atoms with Crippen LogP contribution in [0.3, 0.4) is 0 Å². The highest BCUT2D eigenvalue weighted by atomic mass is 32.2. The molecule has 1 aliphatic heterocycles. The van der Waals surface area contributed by atoms with Gasteiger partial charge in [-0.25, -0.2) is 12.8 Å². The smallest absolute Gasteiger partial charge is 0.262 e. The largest absolute Gasteiger partial charge is 0.495 e. The van der Waals surface area contributed by atoms with Crippen molar-refractivity contribution in [2.24, 2.45) is 0 Å². The number of hydrogen-bond acceptors (Lipinski definition) is 5. The predicted octanol–water partition coefficient (Wildman–Crippen LogP) is 4.74. The van der Waals surface area contributed by atoms with Gasteiger partial charge in [0.25, 0.3) is 10.0 Å². The minimum absolute atomic E-state index is 0.195. The molecule has 8 heteroatoms. The Kier molecular flexibility index (Phi) is 6.81. The first-order valence-corrected chi connectivity index (χ1v) is 12.7. The van der Waals surface area contributed by atoms with Gasteiger partial charge in [0.05, 0.1) is 17.7 Å². The van der Waals surface area contributed by atoms with Crippen molar-refractivity contribution in [1.82, 2.24) is 4.90 Å². The number of likely N-dealkylation sites (N-methyl/N-ethyl adjacent to an activating group) is 1. The third-order valence-electron chi connectivity index (χ3n) is 6.34. The molecule has 0 unspecified atom stereocenters. The molecule has 0 atom stereocenters. The number of benzene rings is 3. The fourth-order valence-corrected chi connectivity index (χ4v) is 5.56. The van der Waals surface area contributed by atoms with Gasteiger partial charge in [-0.2, -0.15) is 0 Å². The Balaban J connectivity index is 1.62. The summed E-state index contributed by atoms with van der Waals surface area (Å²) in [5.74, 6) is 0.207. The standard InChI is InChI=1S/C26H30FN3O3S/c1-18-15-23(30(3)22-7-5-21(27)6-8-22)9-10-26(18)34(31,32)28-24-16-19-11-13-29(2)14-12-20(19)17-25(24)33-4/h5-10,15-17,28H,11-14H2,1-4H3. The summed E-state index contributed by atoms with van der Waals surface area (Å²) in [5.41, 5.74) is 4.97. The van der Waals surface area contributed by atoms with E-state index in [0.717, 1.165) is 42.9 Å². The number of nitrogens with one attached hydrogen (secondary N) is 1. The molecule has 3 aromatic carbocycles. The Hall–Kier alpha value is -3.10. The molecule has 0 spiro atoms. The highest BCUT2D eigenvalue weighted by Crippen LogP contribution is 2.33. The van der Waals surface area contributed by atoms with Crippen LogP contribution < -0.4 is 14.4 Å². The number of methoxy groups -OCH3 is 1. The van der Waals surface area contributed by atoms with Crippen molar-refractivity contribution in [1.29, 1.82) is 0 Å². The van der Waals surface area contributed by atoms with Gasteiger partial charge >= 0.3 is 0 Å². The molecule has 0 bridgehead atoms. The van der Waals surface area contributed by atoms with E-state index < -0.39 is 10.0 Å². The fourth-order valence-electron chi connectivity index (χ4n) is 4.27. The summed E-state index contributed by atoms with van der Waals surface area (Å²) < 4.78 is 48.2. The molecule has 0 radical (unpaired) electrons. The van der Waals surface area contributed by atoms with Gasteiger partial charge in [-0.15, -0.1) is 0 Å². The number of sulfonamides is 1. The molecule has 0 saturated carbocycles. The molecule has 4 rings (SSSR count). The lowest BCUT2D eigenvalue weighted by Crippen LogP contribution is -2.20. The van der Waals surface area contributed by atoms with Crippen LogP contribution in [-0.2, 0) is 22.9 Å². The highest BCUT2D eigenvalue weighted by molar-refractivity contribution is 7.92. The van der Waals surface area contributed by atoms with Crippen LogP contribution in [0.2, 0.25) is 0 Å². The van der Waals surface area contributed by atoms with Gasteiger partial charge < -0.3 is 14.5 Å². The van der Waals surface area contributed by atoms with Gasteiger partial charge in [0.1, 0.15) is 11.6 Å². The zero-order valence-electron chi connectivity index (χ0n) is 19.9. The molecule has 34 heavy (non-hydrogen) atoms. The maximum absolute atomic E-state index is 13.3. The number of halogens is 1. The van der Waals surface area contributed by atoms with Crippen LogP contribution in [0, 0.1) is 12.7 Å². The molecule has 1 heterocycles. The van der Waals surface area contributed by atoms with Crippen molar-refractivity contribution >= 4 is 27.1 Å². The summed E-state index contributed by atoms with van der Waals surface area (Å²) in [6.07, 6.45) is 1.76. The molecule has 1 N–H and O–H groups in total. The van der Waals surface area contributed by atoms with Gasteiger partial charge in [-0.1, -0.05) is 0 Å². The van der Waals surface area contributed by atoms with E-state index in [0.29, 0.717) is 17.0 Å². The number of ether oxygens (including phenoxy) is 1. The van der Waals surface area contributed by atoms with Gasteiger partial charge in [0.2, 0.25) is 0 Å². The summed E-state index contributed by atoms with van der Waals surface area (Å²) >= 11 is 0. The Morgan fingerprint density at radius 2 is 1.59 bits per heavy atom. The van der Waals surface area contributed by atoms with Crippen LogP contribution in [0.5, 0.6) is 5.75 Å². The van der Waals surface area contributed by atoms with Gasteiger partial charge in [-0.3, -0.25) is 4.72 Å². The van der Waals surface area contributed by atoms with Crippen LogP contribution in [0.15, 0.2) is 59.5 Å². The van der Waals surface area contributed by atoms with Gasteiger partial charge in [0.15, 0.2) is 0 Å². The number of anilines is 3. The predicted molar refractivity (Wildman–Crippen MR) is 134 cm³/mol. The summed E-state index contributed by atoms with van der Waals surface area (Å²) in [5, 5.41) is 0.